The summed E-state index contributed by atoms with van der Waals surface area (Å²) in [7, 11) is 2.17. The molecule has 0 saturated carbocycles. The summed E-state index contributed by atoms with van der Waals surface area (Å²) < 4.78 is 2.29. The van der Waals surface area contributed by atoms with Crippen LogP contribution < -0.4 is 4.57 Å². The zero-order valence-corrected chi connectivity index (χ0v) is 21.5. The summed E-state index contributed by atoms with van der Waals surface area (Å²) in [6.07, 6.45) is 2.28. The molecule has 1 heterocycles. The van der Waals surface area contributed by atoms with E-state index in [2.05, 4.69) is 140 Å². The Balaban J connectivity index is 1.76. The Morgan fingerprint density at radius 2 is 0.974 bits per heavy atom. The molecule has 0 aliphatic carbocycles. The fraction of sp³-hybridized carbons (Fsp3) is 0.0541. The Morgan fingerprint density at radius 3 is 1.79 bits per heavy atom. The van der Waals surface area contributed by atoms with Crippen molar-refractivity contribution >= 4 is 75.5 Å². The molecular weight excluding hydrogens is 458 g/mol. The summed E-state index contributed by atoms with van der Waals surface area (Å²) >= 11 is 0. The number of rotatable bonds is 0. The number of benzene rings is 6. The van der Waals surface area contributed by atoms with Crippen molar-refractivity contribution in [3.05, 3.63) is 127 Å². The summed E-state index contributed by atoms with van der Waals surface area (Å²) in [5.41, 5.74) is 2.52. The van der Waals surface area contributed by atoms with E-state index in [1.165, 1.54) is 81.1 Å². The molecule has 8 rings (SSSR count). The van der Waals surface area contributed by atoms with Crippen molar-refractivity contribution in [3.8, 4) is 0 Å². The lowest BCUT2D eigenvalue weighted by Gasteiger charge is -2.08. The molecule has 0 amide bonds. The third-order valence-electron chi connectivity index (χ3n) is 8.32. The summed E-state index contributed by atoms with van der Waals surface area (Å²) in [6, 6.07) is 43.1. The zero-order valence-electron chi connectivity index (χ0n) is 21.5. The average Bonchev–Trinajstić information content (AvgIpc) is 2.96. The van der Waals surface area contributed by atoms with Crippen LogP contribution in [-0.2, 0) is 7.05 Å². The Bertz CT molecular complexity index is 2310. The van der Waals surface area contributed by atoms with Crippen molar-refractivity contribution in [3.63, 3.8) is 0 Å². The minimum Gasteiger partial charge on any atom is -0.200 e. The second-order valence-corrected chi connectivity index (χ2v) is 10.6. The number of nitrogens with zero attached hydrogens (tertiary/aromatic N) is 1. The van der Waals surface area contributed by atoms with Gasteiger partial charge in [0.25, 0.3) is 0 Å². The van der Waals surface area contributed by atoms with Gasteiger partial charge in [0.15, 0.2) is 6.20 Å². The number of hydrogen-bond acceptors (Lipinski definition) is 0. The summed E-state index contributed by atoms with van der Waals surface area (Å²) in [6.45, 7) is 2.24. The quantitative estimate of drug-likeness (QED) is 0.149. The van der Waals surface area contributed by atoms with E-state index in [0.717, 1.165) is 0 Å². The molecule has 0 spiro atoms. The fourth-order valence-electron chi connectivity index (χ4n) is 6.37. The highest BCUT2D eigenvalue weighted by atomic mass is 14.9. The number of aromatic nitrogens is 1. The largest absolute Gasteiger partial charge is 0.213 e. The molecule has 0 aliphatic rings. The standard InChI is InChI=1S/C37H26N/c1-23-10-11-25-13-16-29-20-35(25)37(23)36-21-34-30(22-38(36)2)17-14-24-12-15-27(19-33(24)34)26-6-5-7-28(18-26)31-8-3-4-9-32(29)31/h3-22H,1-2H3/q+1. The molecule has 38 heavy (non-hydrogen) atoms. The van der Waals surface area contributed by atoms with Gasteiger partial charge in [0.2, 0.25) is 5.52 Å². The van der Waals surface area contributed by atoms with E-state index in [4.69, 9.17) is 0 Å². The molecule has 1 heteroatoms. The van der Waals surface area contributed by atoms with Crippen LogP contribution in [0.15, 0.2) is 121 Å². The van der Waals surface area contributed by atoms with Gasteiger partial charge in [-0.2, -0.15) is 0 Å². The fourth-order valence-corrected chi connectivity index (χ4v) is 6.37. The van der Waals surface area contributed by atoms with Crippen LogP contribution in [0.2, 0.25) is 0 Å². The van der Waals surface area contributed by atoms with Gasteiger partial charge in [0.05, 0.1) is 5.39 Å². The Morgan fingerprint density at radius 1 is 0.421 bits per heavy atom. The molecule has 0 radical (unpaired) electrons. The van der Waals surface area contributed by atoms with Gasteiger partial charge in [0, 0.05) is 16.8 Å². The number of hydrogen-bond donors (Lipinski definition) is 0. The van der Waals surface area contributed by atoms with E-state index in [0.29, 0.717) is 0 Å². The smallest absolute Gasteiger partial charge is 0.200 e. The van der Waals surface area contributed by atoms with Crippen LogP contribution >= 0.6 is 0 Å². The summed E-state index contributed by atoms with van der Waals surface area (Å²) in [5.74, 6) is 0. The third kappa shape index (κ3) is 3.09. The highest BCUT2D eigenvalue weighted by molar-refractivity contribution is 6.16. The van der Waals surface area contributed by atoms with Crippen molar-refractivity contribution < 1.29 is 4.57 Å². The molecule has 8 aromatic rings. The number of aryl methyl sites for hydroxylation is 2. The highest BCUT2D eigenvalue weighted by Gasteiger charge is 2.13. The minimum absolute atomic E-state index is 1.24. The topological polar surface area (TPSA) is 3.88 Å². The predicted molar refractivity (Wildman–Crippen MR) is 164 cm³/mol. The first-order valence-corrected chi connectivity index (χ1v) is 13.2. The molecule has 0 fully saturated rings. The van der Waals surface area contributed by atoms with Crippen molar-refractivity contribution in [2.24, 2.45) is 7.05 Å². The molecule has 178 valence electrons. The number of fused-ring (bicyclic) bond motifs is 10. The first kappa shape index (κ1) is 21.3. The van der Waals surface area contributed by atoms with Gasteiger partial charge in [-0.05, 0) is 90.6 Å². The lowest BCUT2D eigenvalue weighted by molar-refractivity contribution is -0.643. The molecule has 0 aliphatic heterocycles. The van der Waals surface area contributed by atoms with Crippen LogP contribution in [0.1, 0.15) is 5.56 Å². The van der Waals surface area contributed by atoms with Crippen molar-refractivity contribution in [1.82, 2.24) is 0 Å². The van der Waals surface area contributed by atoms with E-state index in [1.54, 1.807) is 0 Å². The first-order chi connectivity index (χ1) is 18.6. The van der Waals surface area contributed by atoms with Crippen molar-refractivity contribution in [2.45, 2.75) is 6.92 Å². The molecule has 7 aromatic carbocycles. The molecule has 0 N–H and O–H groups in total. The maximum atomic E-state index is 2.40. The van der Waals surface area contributed by atoms with Gasteiger partial charge < -0.3 is 0 Å². The van der Waals surface area contributed by atoms with E-state index in [9.17, 15) is 0 Å². The second-order valence-electron chi connectivity index (χ2n) is 10.6. The van der Waals surface area contributed by atoms with Crippen molar-refractivity contribution in [1.29, 1.82) is 0 Å². The molecule has 8 bridgehead atoms. The maximum Gasteiger partial charge on any atom is 0.213 e. The summed E-state index contributed by atoms with van der Waals surface area (Å²) in [5, 5.41) is 16.4. The molecule has 1 nitrogen and oxygen atoms in total. The highest BCUT2D eigenvalue weighted by Crippen LogP contribution is 2.33. The predicted octanol–water partition coefficient (Wildman–Crippen LogP) is 9.45. The van der Waals surface area contributed by atoms with Gasteiger partial charge in [0.1, 0.15) is 7.05 Å². The third-order valence-corrected chi connectivity index (χ3v) is 8.32. The molecule has 1 aromatic heterocycles. The second kappa shape index (κ2) is 7.87. The zero-order chi connectivity index (χ0) is 25.4. The number of pyridine rings is 1. The van der Waals surface area contributed by atoms with Crippen molar-refractivity contribution in [2.75, 3.05) is 0 Å². The molecule has 0 unspecified atom stereocenters. The van der Waals surface area contributed by atoms with Crippen LogP contribution in [0.5, 0.6) is 0 Å². The summed E-state index contributed by atoms with van der Waals surface area (Å²) in [4.78, 5) is 0. The van der Waals surface area contributed by atoms with Crippen LogP contribution in [0.25, 0.3) is 75.5 Å². The lowest BCUT2D eigenvalue weighted by atomic mass is 9.97. The van der Waals surface area contributed by atoms with Gasteiger partial charge in [-0.25, -0.2) is 4.57 Å². The first-order valence-electron chi connectivity index (χ1n) is 13.2. The van der Waals surface area contributed by atoms with Crippen LogP contribution in [0.4, 0.5) is 0 Å². The molecular formula is C37H26N+. The van der Waals surface area contributed by atoms with E-state index in [-0.39, 0.29) is 0 Å². The van der Waals surface area contributed by atoms with E-state index in [1.807, 2.05) is 0 Å². The van der Waals surface area contributed by atoms with E-state index >= 15 is 0 Å². The Hall–Kier alpha value is -4.75. The Kier molecular flexibility index (Phi) is 4.42. The van der Waals surface area contributed by atoms with Gasteiger partial charge in [-0.3, -0.25) is 0 Å². The monoisotopic (exact) mass is 484 g/mol. The van der Waals surface area contributed by atoms with E-state index < -0.39 is 0 Å². The Labute approximate surface area is 220 Å². The molecule has 0 atom stereocenters. The SMILES string of the molecule is Cc1ccc2ccc3cc2c1c1cc2c(ccc4ccc(cc42)c2cccc(c2)c2ccccc32)c[n+]1C. The van der Waals surface area contributed by atoms with Crippen LogP contribution in [0, 0.1) is 6.92 Å². The maximum absolute atomic E-state index is 2.40. The molecule has 0 saturated heterocycles. The van der Waals surface area contributed by atoms with Crippen LogP contribution in [-0.4, -0.2) is 0 Å². The average molecular weight is 485 g/mol. The minimum atomic E-state index is 1.24. The van der Waals surface area contributed by atoms with Gasteiger partial charge >= 0.3 is 0 Å². The van der Waals surface area contributed by atoms with Gasteiger partial charge in [-0.1, -0.05) is 84.9 Å². The normalized spacial score (nSPS) is 11.9. The van der Waals surface area contributed by atoms with Gasteiger partial charge in [-0.15, -0.1) is 0 Å². The van der Waals surface area contributed by atoms with Crippen LogP contribution in [0.3, 0.4) is 0 Å². The lowest BCUT2D eigenvalue weighted by Crippen LogP contribution is -2.28.